The van der Waals surface area contributed by atoms with Crippen LogP contribution < -0.4 is 5.32 Å². The summed E-state index contributed by atoms with van der Waals surface area (Å²) in [5.41, 5.74) is 1.35. The zero-order valence-electron chi connectivity index (χ0n) is 18.4. The summed E-state index contributed by atoms with van der Waals surface area (Å²) in [6.45, 7) is 5.34. The zero-order chi connectivity index (χ0) is 21.6. The zero-order valence-corrected chi connectivity index (χ0v) is 18.4. The van der Waals surface area contributed by atoms with Crippen molar-refractivity contribution >= 4 is 11.4 Å². The Morgan fingerprint density at radius 1 is 1.20 bits per heavy atom. The summed E-state index contributed by atoms with van der Waals surface area (Å²) in [5, 5.41) is 24.0. The highest BCUT2D eigenvalue weighted by Gasteiger charge is 2.38. The highest BCUT2D eigenvalue weighted by atomic mass is 16.6. The number of benzene rings is 1. The van der Waals surface area contributed by atoms with Gasteiger partial charge >= 0.3 is 0 Å². The van der Waals surface area contributed by atoms with E-state index >= 15 is 0 Å². The van der Waals surface area contributed by atoms with Crippen LogP contribution in [0.5, 0.6) is 0 Å². The third kappa shape index (κ3) is 5.51. The van der Waals surface area contributed by atoms with Crippen LogP contribution in [0.2, 0.25) is 0 Å². The van der Waals surface area contributed by atoms with Gasteiger partial charge in [-0.2, -0.15) is 5.26 Å². The van der Waals surface area contributed by atoms with E-state index in [2.05, 4.69) is 25.2 Å². The largest absolute Gasteiger partial charge is 0.379 e. The SMILES string of the molecule is CCOC1CCC(C)(C2CCCCC(Nc3cc(C#N)ccc3[N+](=O)[O-])CC2)CC1. The number of nitro benzene ring substituents is 1. The molecule has 2 unspecified atom stereocenters. The van der Waals surface area contributed by atoms with Crippen molar-refractivity contribution in [2.24, 2.45) is 11.3 Å². The van der Waals surface area contributed by atoms with E-state index < -0.39 is 0 Å². The average molecular weight is 414 g/mol. The lowest BCUT2D eigenvalue weighted by atomic mass is 9.63. The minimum Gasteiger partial charge on any atom is -0.379 e. The number of rotatable bonds is 6. The molecular weight excluding hydrogens is 378 g/mol. The first-order valence-corrected chi connectivity index (χ1v) is 11.5. The van der Waals surface area contributed by atoms with Crippen LogP contribution in [-0.4, -0.2) is 23.7 Å². The van der Waals surface area contributed by atoms with Crippen LogP contribution in [0.3, 0.4) is 0 Å². The predicted molar refractivity (Wildman–Crippen MR) is 118 cm³/mol. The molecule has 0 heterocycles. The van der Waals surface area contributed by atoms with E-state index in [1.807, 2.05) is 0 Å². The van der Waals surface area contributed by atoms with Gasteiger partial charge in [0.05, 0.1) is 22.7 Å². The lowest BCUT2D eigenvalue weighted by Crippen LogP contribution is -2.36. The number of anilines is 1. The Morgan fingerprint density at radius 2 is 1.93 bits per heavy atom. The van der Waals surface area contributed by atoms with Gasteiger partial charge in [-0.1, -0.05) is 19.8 Å². The first kappa shape index (κ1) is 22.6. The fraction of sp³-hybridized carbons (Fsp3) is 0.708. The third-order valence-corrected chi connectivity index (χ3v) is 7.36. The van der Waals surface area contributed by atoms with E-state index in [9.17, 15) is 15.4 Å². The molecule has 1 N–H and O–H groups in total. The van der Waals surface area contributed by atoms with Crippen LogP contribution in [-0.2, 0) is 4.74 Å². The molecule has 0 saturated heterocycles. The van der Waals surface area contributed by atoms with Gasteiger partial charge in [-0.3, -0.25) is 10.1 Å². The molecule has 0 aliphatic heterocycles. The molecule has 2 saturated carbocycles. The Balaban J connectivity index is 1.65. The fourth-order valence-corrected chi connectivity index (χ4v) is 5.48. The standard InChI is InChI=1S/C24H35N3O3/c1-3-30-21-12-14-24(2,15-13-21)19-6-4-5-7-20(10-9-19)26-22-16-18(17-25)8-11-23(22)27(28)29/h8,11,16,19-21,26H,3-7,9-10,12-15H2,1-2H3. The van der Waals surface area contributed by atoms with E-state index in [1.54, 1.807) is 6.07 Å². The predicted octanol–water partition coefficient (Wildman–Crippen LogP) is 6.20. The molecule has 6 nitrogen and oxygen atoms in total. The van der Waals surface area contributed by atoms with Gasteiger partial charge in [0, 0.05) is 18.7 Å². The lowest BCUT2D eigenvalue weighted by Gasteiger charge is -2.44. The molecule has 30 heavy (non-hydrogen) atoms. The van der Waals surface area contributed by atoms with Crippen molar-refractivity contribution in [3.05, 3.63) is 33.9 Å². The molecular formula is C24H35N3O3. The monoisotopic (exact) mass is 413 g/mol. The summed E-state index contributed by atoms with van der Waals surface area (Å²) in [7, 11) is 0. The topological polar surface area (TPSA) is 88.2 Å². The van der Waals surface area contributed by atoms with Gasteiger partial charge in [0.2, 0.25) is 0 Å². The molecule has 1 aromatic rings. The molecule has 2 fully saturated rings. The molecule has 0 spiro atoms. The fourth-order valence-electron chi connectivity index (χ4n) is 5.48. The van der Waals surface area contributed by atoms with Crippen molar-refractivity contribution in [3.63, 3.8) is 0 Å². The Kier molecular flexibility index (Phi) is 7.71. The second-order valence-electron chi connectivity index (χ2n) is 9.31. The summed E-state index contributed by atoms with van der Waals surface area (Å²) >= 11 is 0. The van der Waals surface area contributed by atoms with Gasteiger partial charge in [0.25, 0.3) is 5.69 Å². The lowest BCUT2D eigenvalue weighted by molar-refractivity contribution is -0.384. The molecule has 0 amide bonds. The van der Waals surface area contributed by atoms with E-state index in [4.69, 9.17) is 4.74 Å². The number of hydrogen-bond donors (Lipinski definition) is 1. The number of nitro groups is 1. The molecule has 2 atom stereocenters. The van der Waals surface area contributed by atoms with Crippen LogP contribution in [0.15, 0.2) is 18.2 Å². The van der Waals surface area contributed by atoms with Gasteiger partial charge in [-0.15, -0.1) is 0 Å². The highest BCUT2D eigenvalue weighted by Crippen LogP contribution is 2.47. The quantitative estimate of drug-likeness (QED) is 0.443. The first-order chi connectivity index (χ1) is 14.4. The normalized spacial score (nSPS) is 30.0. The number of hydrogen-bond acceptors (Lipinski definition) is 5. The number of nitrogens with one attached hydrogen (secondary N) is 1. The summed E-state index contributed by atoms with van der Waals surface area (Å²) in [5.74, 6) is 0.699. The van der Waals surface area contributed by atoms with Crippen molar-refractivity contribution in [1.82, 2.24) is 0 Å². The summed E-state index contributed by atoms with van der Waals surface area (Å²) in [4.78, 5) is 11.1. The maximum atomic E-state index is 11.4. The van der Waals surface area contributed by atoms with Crippen LogP contribution in [0, 0.1) is 32.8 Å². The Labute approximate surface area is 180 Å². The van der Waals surface area contributed by atoms with Crippen molar-refractivity contribution in [1.29, 1.82) is 5.26 Å². The first-order valence-electron chi connectivity index (χ1n) is 11.5. The molecule has 1 aromatic carbocycles. The van der Waals surface area contributed by atoms with Gasteiger partial charge in [0.15, 0.2) is 0 Å². The van der Waals surface area contributed by atoms with Crippen molar-refractivity contribution in [3.8, 4) is 6.07 Å². The summed E-state index contributed by atoms with van der Waals surface area (Å²) in [6, 6.07) is 6.86. The molecule has 0 aromatic heterocycles. The van der Waals surface area contributed by atoms with Crippen LogP contribution in [0.4, 0.5) is 11.4 Å². The molecule has 164 valence electrons. The highest BCUT2D eigenvalue weighted by molar-refractivity contribution is 5.64. The van der Waals surface area contributed by atoms with E-state index in [-0.39, 0.29) is 16.7 Å². The maximum absolute atomic E-state index is 11.4. The molecule has 2 aliphatic rings. The van der Waals surface area contributed by atoms with Gasteiger partial charge < -0.3 is 10.1 Å². The van der Waals surface area contributed by atoms with E-state index in [1.165, 1.54) is 37.8 Å². The second-order valence-corrected chi connectivity index (χ2v) is 9.31. The number of nitrogens with zero attached hydrogens (tertiary/aromatic N) is 2. The third-order valence-electron chi connectivity index (χ3n) is 7.36. The molecule has 0 radical (unpaired) electrons. The minimum atomic E-state index is -0.368. The molecule has 3 rings (SSSR count). The van der Waals surface area contributed by atoms with E-state index in [0.717, 1.165) is 45.1 Å². The van der Waals surface area contributed by atoms with Crippen molar-refractivity contribution in [2.45, 2.75) is 90.2 Å². The van der Waals surface area contributed by atoms with Crippen LogP contribution in [0.1, 0.15) is 83.6 Å². The second kappa shape index (κ2) is 10.3. The Bertz CT molecular complexity index is 765. The number of nitriles is 1. The van der Waals surface area contributed by atoms with Gasteiger partial charge in [0.1, 0.15) is 5.69 Å². The Morgan fingerprint density at radius 3 is 2.60 bits per heavy atom. The molecule has 2 aliphatic carbocycles. The molecule has 6 heteroatoms. The summed E-state index contributed by atoms with van der Waals surface area (Å²) in [6.07, 6.45) is 12.0. The molecule has 0 bridgehead atoms. The van der Waals surface area contributed by atoms with Gasteiger partial charge in [-0.25, -0.2) is 0 Å². The van der Waals surface area contributed by atoms with Crippen molar-refractivity contribution < 1.29 is 9.66 Å². The summed E-state index contributed by atoms with van der Waals surface area (Å²) < 4.78 is 5.85. The van der Waals surface area contributed by atoms with Crippen LogP contribution >= 0.6 is 0 Å². The minimum absolute atomic E-state index is 0.0498. The smallest absolute Gasteiger partial charge is 0.292 e. The number of ether oxygens (including phenoxy) is 1. The van der Waals surface area contributed by atoms with E-state index in [0.29, 0.717) is 28.7 Å². The maximum Gasteiger partial charge on any atom is 0.292 e. The Hall–Kier alpha value is -2.13. The van der Waals surface area contributed by atoms with Gasteiger partial charge in [-0.05, 0) is 81.8 Å². The van der Waals surface area contributed by atoms with Crippen molar-refractivity contribution in [2.75, 3.05) is 11.9 Å². The average Bonchev–Trinajstić information content (AvgIpc) is 2.71. The van der Waals surface area contributed by atoms with Crippen LogP contribution in [0.25, 0.3) is 0 Å².